The summed E-state index contributed by atoms with van der Waals surface area (Å²) in [6.07, 6.45) is 3.16. The highest BCUT2D eigenvalue weighted by atomic mass is 35.5. The average molecular weight is 382 g/mol. The van der Waals surface area contributed by atoms with Gasteiger partial charge >= 0.3 is 0 Å². The first kappa shape index (κ1) is 19.0. The van der Waals surface area contributed by atoms with Crippen LogP contribution >= 0.6 is 23.2 Å². The second-order valence-electron chi connectivity index (χ2n) is 5.35. The normalized spacial score (nSPS) is 10.4. The number of hydrogen-bond donors (Lipinski definition) is 1. The molecule has 0 atom stereocenters. The highest BCUT2D eigenvalue weighted by molar-refractivity contribution is 6.35. The lowest BCUT2D eigenvalue weighted by molar-refractivity contribution is -0.605. The Bertz CT molecular complexity index is 766. The van der Waals surface area contributed by atoms with Crippen molar-refractivity contribution in [2.75, 3.05) is 18.4 Å². The number of nitrogens with zero attached hydrogens (tertiary/aromatic N) is 2. The Morgan fingerprint density at radius 2 is 1.88 bits per heavy atom. The summed E-state index contributed by atoms with van der Waals surface area (Å²) in [5, 5.41) is 14.5. The maximum Gasteiger partial charge on any atom is 0.254 e. The van der Waals surface area contributed by atoms with Gasteiger partial charge in [-0.15, -0.1) is 0 Å². The second-order valence-corrected chi connectivity index (χ2v) is 6.19. The molecule has 0 aliphatic carbocycles. The third-order valence-corrected chi connectivity index (χ3v) is 3.93. The zero-order valence-electron chi connectivity index (χ0n) is 13.5. The predicted molar refractivity (Wildman–Crippen MR) is 96.7 cm³/mol. The Morgan fingerprint density at radius 3 is 2.52 bits per heavy atom. The van der Waals surface area contributed by atoms with Crippen LogP contribution in [-0.2, 0) is 4.79 Å². The van der Waals surface area contributed by atoms with E-state index in [1.54, 1.807) is 12.1 Å². The molecule has 0 bridgehead atoms. The van der Waals surface area contributed by atoms with Crippen molar-refractivity contribution in [1.29, 1.82) is 0 Å². The van der Waals surface area contributed by atoms with Gasteiger partial charge in [0.15, 0.2) is 12.4 Å². The number of carbonyl (C=O) groups excluding carboxylic acids is 2. The molecule has 1 N–H and O–H groups in total. The molecule has 0 saturated heterocycles. The molecular formula is C17H17Cl2N3O3. The van der Waals surface area contributed by atoms with Gasteiger partial charge in [0.1, 0.15) is 6.54 Å². The number of pyridine rings is 1. The molecule has 6 nitrogen and oxygen atoms in total. The Balaban J connectivity index is 2.09. The third-order valence-electron chi connectivity index (χ3n) is 3.37. The lowest BCUT2D eigenvalue weighted by atomic mass is 10.2. The van der Waals surface area contributed by atoms with E-state index in [0.717, 1.165) is 0 Å². The molecule has 0 aliphatic rings. The van der Waals surface area contributed by atoms with Crippen molar-refractivity contribution in [2.45, 2.75) is 13.3 Å². The van der Waals surface area contributed by atoms with Crippen LogP contribution in [0.2, 0.25) is 10.0 Å². The summed E-state index contributed by atoms with van der Waals surface area (Å²) in [7, 11) is 0. The summed E-state index contributed by atoms with van der Waals surface area (Å²) in [5.74, 6) is -0.712. The third kappa shape index (κ3) is 5.34. The van der Waals surface area contributed by atoms with Crippen LogP contribution in [0.1, 0.15) is 23.7 Å². The van der Waals surface area contributed by atoms with Gasteiger partial charge in [0.2, 0.25) is 5.91 Å². The Hall–Kier alpha value is -2.31. The van der Waals surface area contributed by atoms with Crippen molar-refractivity contribution in [3.63, 3.8) is 0 Å². The molecule has 1 aromatic carbocycles. The maximum atomic E-state index is 12.5. The number of amides is 2. The van der Waals surface area contributed by atoms with E-state index in [0.29, 0.717) is 39.0 Å². The number of anilines is 1. The molecule has 0 fully saturated rings. The molecule has 0 radical (unpaired) electrons. The molecule has 2 rings (SSSR count). The van der Waals surface area contributed by atoms with Crippen LogP contribution in [0.15, 0.2) is 42.7 Å². The molecule has 2 aromatic rings. The fourth-order valence-electron chi connectivity index (χ4n) is 2.22. The summed E-state index contributed by atoms with van der Waals surface area (Å²) in [6, 6.07) is 7.58. The minimum absolute atomic E-state index is 0.137. The van der Waals surface area contributed by atoms with E-state index >= 15 is 0 Å². The molecule has 1 heterocycles. The first-order chi connectivity index (χ1) is 11.9. The van der Waals surface area contributed by atoms with E-state index in [1.165, 1.54) is 35.5 Å². The number of halogens is 2. The van der Waals surface area contributed by atoms with Crippen LogP contribution in [0.25, 0.3) is 0 Å². The summed E-state index contributed by atoms with van der Waals surface area (Å²) >= 11 is 11.9. The summed E-state index contributed by atoms with van der Waals surface area (Å²) in [5.41, 5.74) is 0.726. The van der Waals surface area contributed by atoms with Crippen LogP contribution in [0.4, 0.5) is 5.69 Å². The molecule has 0 saturated carbocycles. The van der Waals surface area contributed by atoms with Crippen molar-refractivity contribution in [2.24, 2.45) is 0 Å². The average Bonchev–Trinajstić information content (AvgIpc) is 2.58. The molecule has 8 heteroatoms. The SMILES string of the molecule is CCCN(CC(=O)Nc1cc(Cl)ccc1Cl)C(=O)c1cc[n+]([O-])cc1. The zero-order chi connectivity index (χ0) is 18.4. The second kappa shape index (κ2) is 8.69. The van der Waals surface area contributed by atoms with E-state index < -0.39 is 0 Å². The lowest BCUT2D eigenvalue weighted by Crippen LogP contribution is -2.39. The van der Waals surface area contributed by atoms with Gasteiger partial charge in [-0.1, -0.05) is 30.1 Å². The van der Waals surface area contributed by atoms with E-state index in [-0.39, 0.29) is 18.4 Å². The van der Waals surface area contributed by atoms with E-state index in [1.807, 2.05) is 6.92 Å². The Labute approximate surface area is 155 Å². The number of carbonyl (C=O) groups is 2. The minimum Gasteiger partial charge on any atom is -0.619 e. The highest BCUT2D eigenvalue weighted by Gasteiger charge is 2.19. The molecule has 0 aliphatic heterocycles. The van der Waals surface area contributed by atoms with Crippen LogP contribution in [0, 0.1) is 5.21 Å². The van der Waals surface area contributed by atoms with Gasteiger partial charge in [0.25, 0.3) is 5.91 Å². The molecule has 25 heavy (non-hydrogen) atoms. The number of rotatable bonds is 6. The molecule has 132 valence electrons. The van der Waals surface area contributed by atoms with Crippen LogP contribution in [-0.4, -0.2) is 29.8 Å². The molecular weight excluding hydrogens is 365 g/mol. The van der Waals surface area contributed by atoms with Gasteiger partial charge in [0, 0.05) is 23.7 Å². The van der Waals surface area contributed by atoms with Crippen molar-refractivity contribution in [3.8, 4) is 0 Å². The summed E-state index contributed by atoms with van der Waals surface area (Å²) in [4.78, 5) is 26.2. The van der Waals surface area contributed by atoms with Crippen LogP contribution in [0.5, 0.6) is 0 Å². The standard InChI is InChI=1S/C17H17Cl2N3O3/c1-2-7-21(17(24)12-5-8-22(25)9-6-12)11-16(23)20-15-10-13(18)3-4-14(15)19/h3-6,8-10H,2,7,11H2,1H3,(H,20,23). The fraction of sp³-hybridized carbons (Fsp3) is 0.235. The van der Waals surface area contributed by atoms with Gasteiger partial charge in [-0.25, -0.2) is 0 Å². The first-order valence-corrected chi connectivity index (χ1v) is 8.39. The monoisotopic (exact) mass is 381 g/mol. The van der Waals surface area contributed by atoms with Crippen molar-refractivity contribution in [1.82, 2.24) is 4.90 Å². The smallest absolute Gasteiger partial charge is 0.254 e. The van der Waals surface area contributed by atoms with E-state index in [4.69, 9.17) is 23.2 Å². The van der Waals surface area contributed by atoms with Gasteiger partial charge in [-0.3, -0.25) is 9.59 Å². The molecule has 2 amide bonds. The van der Waals surface area contributed by atoms with Crippen LogP contribution < -0.4 is 10.0 Å². The molecule has 0 spiro atoms. The van der Waals surface area contributed by atoms with Crippen LogP contribution in [0.3, 0.4) is 0 Å². The van der Waals surface area contributed by atoms with Gasteiger partial charge < -0.3 is 15.4 Å². The van der Waals surface area contributed by atoms with Gasteiger partial charge in [0.05, 0.1) is 16.3 Å². The lowest BCUT2D eigenvalue weighted by Gasteiger charge is -2.21. The fourth-order valence-corrected chi connectivity index (χ4v) is 2.55. The predicted octanol–water partition coefficient (Wildman–Crippen LogP) is 3.12. The largest absolute Gasteiger partial charge is 0.619 e. The quantitative estimate of drug-likeness (QED) is 0.616. The Kier molecular flexibility index (Phi) is 6.61. The maximum absolute atomic E-state index is 12.5. The number of benzene rings is 1. The van der Waals surface area contributed by atoms with E-state index in [9.17, 15) is 14.8 Å². The van der Waals surface area contributed by atoms with Crippen molar-refractivity contribution >= 4 is 40.7 Å². The number of hydrogen-bond acceptors (Lipinski definition) is 3. The molecule has 1 aromatic heterocycles. The number of nitrogens with one attached hydrogen (secondary N) is 1. The summed E-state index contributed by atoms with van der Waals surface area (Å²) in [6.45, 7) is 2.17. The highest BCUT2D eigenvalue weighted by Crippen LogP contribution is 2.25. The zero-order valence-corrected chi connectivity index (χ0v) is 15.0. The van der Waals surface area contributed by atoms with E-state index in [2.05, 4.69) is 5.32 Å². The minimum atomic E-state index is -0.388. The Morgan fingerprint density at radius 1 is 1.20 bits per heavy atom. The molecule has 0 unspecified atom stereocenters. The van der Waals surface area contributed by atoms with Gasteiger partial charge in [-0.2, -0.15) is 4.73 Å². The number of aromatic nitrogens is 1. The van der Waals surface area contributed by atoms with Crippen molar-refractivity contribution in [3.05, 3.63) is 63.5 Å². The van der Waals surface area contributed by atoms with Gasteiger partial charge in [-0.05, 0) is 24.6 Å². The van der Waals surface area contributed by atoms with Crippen molar-refractivity contribution < 1.29 is 14.3 Å². The first-order valence-electron chi connectivity index (χ1n) is 7.63. The summed E-state index contributed by atoms with van der Waals surface area (Å²) < 4.78 is 0.592. The topological polar surface area (TPSA) is 76.4 Å².